The van der Waals surface area contributed by atoms with Crippen molar-refractivity contribution in [1.29, 1.82) is 0 Å². The Morgan fingerprint density at radius 1 is 0.356 bits per heavy atom. The highest BCUT2D eigenvalue weighted by Gasteiger charge is 2.36. The molecule has 0 bridgehead atoms. The minimum absolute atomic E-state index is 0.131. The Bertz CT molecular complexity index is 3370. The number of fused-ring (bicyclic) bond motifs is 9. The second kappa shape index (κ2) is 12.7. The predicted molar refractivity (Wildman–Crippen MR) is 245 cm³/mol. The van der Waals surface area contributed by atoms with Gasteiger partial charge in [-0.05, 0) is 95.1 Å². The fourth-order valence-corrected chi connectivity index (χ4v) is 9.65. The van der Waals surface area contributed by atoms with Gasteiger partial charge in [0.2, 0.25) is 0 Å². The third-order valence-corrected chi connectivity index (χ3v) is 12.5. The first-order chi connectivity index (χ1) is 29.0. The first-order valence-corrected chi connectivity index (χ1v) is 20.3. The maximum Gasteiger partial charge on any atom is 0.160 e. The van der Waals surface area contributed by atoms with E-state index in [1.807, 2.05) is 12.1 Å². The van der Waals surface area contributed by atoms with E-state index in [0.717, 1.165) is 39.5 Å². The zero-order valence-corrected chi connectivity index (χ0v) is 32.8. The van der Waals surface area contributed by atoms with Gasteiger partial charge in [0.15, 0.2) is 5.82 Å². The molecule has 0 fully saturated rings. The van der Waals surface area contributed by atoms with E-state index in [1.54, 1.807) is 0 Å². The summed E-state index contributed by atoms with van der Waals surface area (Å²) in [5.41, 5.74) is 17.1. The van der Waals surface area contributed by atoms with Crippen molar-refractivity contribution in [2.75, 3.05) is 0 Å². The van der Waals surface area contributed by atoms with Gasteiger partial charge in [0.25, 0.3) is 0 Å². The largest absolute Gasteiger partial charge is 0.309 e. The molecule has 0 saturated heterocycles. The molecule has 3 heterocycles. The van der Waals surface area contributed by atoms with Crippen molar-refractivity contribution in [2.24, 2.45) is 0 Å². The fourth-order valence-electron chi connectivity index (χ4n) is 9.65. The molecule has 11 aromatic rings. The molecule has 0 amide bonds. The summed E-state index contributed by atoms with van der Waals surface area (Å²) in [5, 5.41) is 4.99. The van der Waals surface area contributed by atoms with Gasteiger partial charge in [-0.25, -0.2) is 9.97 Å². The van der Waals surface area contributed by atoms with E-state index >= 15 is 0 Å². The Labute approximate surface area is 342 Å². The van der Waals surface area contributed by atoms with Crippen molar-refractivity contribution in [3.63, 3.8) is 0 Å². The molecule has 0 spiro atoms. The van der Waals surface area contributed by atoms with Crippen LogP contribution in [0.1, 0.15) is 25.0 Å². The van der Waals surface area contributed by atoms with Crippen molar-refractivity contribution in [3.8, 4) is 56.4 Å². The second-order valence-corrected chi connectivity index (χ2v) is 16.2. The van der Waals surface area contributed by atoms with Crippen LogP contribution in [0, 0.1) is 0 Å². The van der Waals surface area contributed by atoms with Gasteiger partial charge in [-0.1, -0.05) is 135 Å². The van der Waals surface area contributed by atoms with Gasteiger partial charge < -0.3 is 9.13 Å². The SMILES string of the molecule is CC1(C)c2ccccc2-c2cc3c4cc5c6ccccc6n(-c6ccccc6)c5cc4n(-c4ccc(-c5nc(-c6ccccc6)cc(-c6ccccc6)n5)cc4)c3cc21. The normalized spacial score (nSPS) is 13.1. The van der Waals surface area contributed by atoms with Gasteiger partial charge in [0.1, 0.15) is 0 Å². The summed E-state index contributed by atoms with van der Waals surface area (Å²) in [7, 11) is 0. The monoisotopic (exact) mass is 754 g/mol. The highest BCUT2D eigenvalue weighted by atomic mass is 15.0. The van der Waals surface area contributed by atoms with Crippen molar-refractivity contribution in [3.05, 3.63) is 205 Å². The van der Waals surface area contributed by atoms with Crippen LogP contribution in [0.5, 0.6) is 0 Å². The van der Waals surface area contributed by atoms with Gasteiger partial charge >= 0.3 is 0 Å². The zero-order valence-electron chi connectivity index (χ0n) is 32.8. The van der Waals surface area contributed by atoms with E-state index in [0.29, 0.717) is 5.82 Å². The lowest BCUT2D eigenvalue weighted by molar-refractivity contribution is 0.661. The van der Waals surface area contributed by atoms with E-state index in [-0.39, 0.29) is 5.41 Å². The number of aromatic nitrogens is 4. The lowest BCUT2D eigenvalue weighted by Gasteiger charge is -2.21. The third-order valence-electron chi connectivity index (χ3n) is 12.5. The number of hydrogen-bond acceptors (Lipinski definition) is 2. The number of hydrogen-bond donors (Lipinski definition) is 0. The van der Waals surface area contributed by atoms with Crippen LogP contribution in [0.25, 0.3) is 100 Å². The summed E-state index contributed by atoms with van der Waals surface area (Å²) >= 11 is 0. The number of rotatable bonds is 5. The Morgan fingerprint density at radius 2 is 0.881 bits per heavy atom. The molecule has 8 aromatic carbocycles. The Morgan fingerprint density at radius 3 is 1.58 bits per heavy atom. The van der Waals surface area contributed by atoms with Crippen LogP contribution in [0.4, 0.5) is 0 Å². The molecule has 0 N–H and O–H groups in total. The molecule has 12 rings (SSSR count). The third kappa shape index (κ3) is 5.09. The van der Waals surface area contributed by atoms with Crippen LogP contribution in [-0.2, 0) is 5.41 Å². The highest BCUT2D eigenvalue weighted by Crippen LogP contribution is 2.51. The van der Waals surface area contributed by atoms with E-state index < -0.39 is 0 Å². The minimum Gasteiger partial charge on any atom is -0.309 e. The van der Waals surface area contributed by atoms with Crippen molar-refractivity contribution >= 4 is 43.6 Å². The molecule has 1 aliphatic rings. The highest BCUT2D eigenvalue weighted by molar-refractivity contribution is 6.20. The molecule has 0 aliphatic heterocycles. The van der Waals surface area contributed by atoms with Crippen LogP contribution >= 0.6 is 0 Å². The van der Waals surface area contributed by atoms with Crippen LogP contribution < -0.4 is 0 Å². The molecular weight excluding hydrogens is 717 g/mol. The van der Waals surface area contributed by atoms with E-state index in [2.05, 4.69) is 205 Å². The maximum atomic E-state index is 5.14. The standard InChI is InChI=1S/C55H38N4/c1-55(2)46-24-14-12-22-40(46)42-30-44-45-31-43-41-23-13-15-25-50(41)58(38-20-10-5-11-21-38)52(43)34-53(45)59(51(44)32-47(42)55)39-28-26-37(27-29-39)54-56-48(35-16-6-3-7-17-35)33-49(57-54)36-18-8-4-9-19-36/h3-34H,1-2H3. The molecule has 3 aromatic heterocycles. The van der Waals surface area contributed by atoms with Gasteiger partial charge in [-0.3, -0.25) is 0 Å². The van der Waals surface area contributed by atoms with Crippen LogP contribution in [0.3, 0.4) is 0 Å². The Balaban J connectivity index is 1.11. The van der Waals surface area contributed by atoms with Gasteiger partial charge in [0.05, 0.1) is 33.5 Å². The first kappa shape index (κ1) is 33.6. The van der Waals surface area contributed by atoms with E-state index in [9.17, 15) is 0 Å². The summed E-state index contributed by atoms with van der Waals surface area (Å²) in [4.78, 5) is 10.3. The molecule has 278 valence electrons. The van der Waals surface area contributed by atoms with Crippen LogP contribution in [0.15, 0.2) is 194 Å². The summed E-state index contributed by atoms with van der Waals surface area (Å²) < 4.78 is 4.88. The van der Waals surface area contributed by atoms with Gasteiger partial charge in [-0.2, -0.15) is 0 Å². The smallest absolute Gasteiger partial charge is 0.160 e. The summed E-state index contributed by atoms with van der Waals surface area (Å²) in [6, 6.07) is 69.9. The quantitative estimate of drug-likeness (QED) is 0.175. The van der Waals surface area contributed by atoms with Crippen molar-refractivity contribution in [2.45, 2.75) is 19.3 Å². The lowest BCUT2D eigenvalue weighted by Crippen LogP contribution is -2.14. The topological polar surface area (TPSA) is 35.6 Å². The number of para-hydroxylation sites is 2. The predicted octanol–water partition coefficient (Wildman–Crippen LogP) is 14.0. The zero-order chi connectivity index (χ0) is 39.2. The average Bonchev–Trinajstić information content (AvgIpc) is 3.87. The Kier molecular flexibility index (Phi) is 7.24. The summed E-state index contributed by atoms with van der Waals surface area (Å²) in [6.07, 6.45) is 0. The minimum atomic E-state index is -0.131. The molecule has 4 heteroatoms. The Hall–Kier alpha value is -7.56. The first-order valence-electron chi connectivity index (χ1n) is 20.3. The summed E-state index contributed by atoms with van der Waals surface area (Å²) in [6.45, 7) is 4.73. The van der Waals surface area contributed by atoms with Gasteiger partial charge in [0, 0.05) is 55.0 Å². The second-order valence-electron chi connectivity index (χ2n) is 16.2. The van der Waals surface area contributed by atoms with Crippen molar-refractivity contribution in [1.82, 2.24) is 19.1 Å². The molecule has 0 saturated carbocycles. The number of nitrogens with zero attached hydrogens (tertiary/aromatic N) is 4. The molecule has 59 heavy (non-hydrogen) atoms. The van der Waals surface area contributed by atoms with E-state index in [1.165, 1.54) is 65.9 Å². The summed E-state index contributed by atoms with van der Waals surface area (Å²) in [5.74, 6) is 0.699. The maximum absolute atomic E-state index is 5.14. The molecule has 4 nitrogen and oxygen atoms in total. The average molecular weight is 755 g/mol. The van der Waals surface area contributed by atoms with Crippen LogP contribution in [-0.4, -0.2) is 19.1 Å². The lowest BCUT2D eigenvalue weighted by atomic mass is 9.82. The van der Waals surface area contributed by atoms with E-state index in [4.69, 9.17) is 9.97 Å². The van der Waals surface area contributed by atoms with Crippen LogP contribution in [0.2, 0.25) is 0 Å². The number of benzene rings is 8. The molecule has 0 atom stereocenters. The van der Waals surface area contributed by atoms with Crippen molar-refractivity contribution < 1.29 is 0 Å². The van der Waals surface area contributed by atoms with Gasteiger partial charge in [-0.15, -0.1) is 0 Å². The molecule has 1 aliphatic carbocycles. The molecular formula is C55H38N4. The fraction of sp³-hybridized carbons (Fsp3) is 0.0545. The molecule has 0 radical (unpaired) electrons. The molecule has 0 unspecified atom stereocenters.